The number of alkyl halides is 3. The zero-order valence-electron chi connectivity index (χ0n) is 11.7. The van der Waals surface area contributed by atoms with Gasteiger partial charge in [0, 0.05) is 44.1 Å². The first-order valence-corrected chi connectivity index (χ1v) is 8.29. The van der Waals surface area contributed by atoms with Crippen molar-refractivity contribution >= 4 is 33.1 Å². The van der Waals surface area contributed by atoms with Crippen LogP contribution in [-0.2, 0) is 12.6 Å². The molecule has 3 heterocycles. The van der Waals surface area contributed by atoms with Crippen molar-refractivity contribution in [3.63, 3.8) is 0 Å². The SMILES string of the molecule is CCc1nsc(N2CCN(c3nnc(C(F)(F)F)s3)CC2)n1. The predicted molar refractivity (Wildman–Crippen MR) is 78.6 cm³/mol. The van der Waals surface area contributed by atoms with E-state index in [0.29, 0.717) is 42.6 Å². The van der Waals surface area contributed by atoms with Crippen molar-refractivity contribution in [1.82, 2.24) is 19.6 Å². The van der Waals surface area contributed by atoms with Crippen molar-refractivity contribution in [2.45, 2.75) is 19.5 Å². The van der Waals surface area contributed by atoms with E-state index >= 15 is 0 Å². The molecule has 11 heteroatoms. The molecule has 1 saturated heterocycles. The molecule has 0 radical (unpaired) electrons. The normalized spacial score (nSPS) is 16.4. The fraction of sp³-hybridized carbons (Fsp3) is 0.636. The van der Waals surface area contributed by atoms with Crippen molar-refractivity contribution in [3.05, 3.63) is 10.8 Å². The molecule has 1 aliphatic heterocycles. The fourth-order valence-corrected chi connectivity index (χ4v) is 3.63. The van der Waals surface area contributed by atoms with Gasteiger partial charge >= 0.3 is 6.18 Å². The van der Waals surface area contributed by atoms with Gasteiger partial charge in [0.2, 0.25) is 15.3 Å². The number of aryl methyl sites for hydroxylation is 1. The minimum absolute atomic E-state index is 0.318. The van der Waals surface area contributed by atoms with Gasteiger partial charge in [0.15, 0.2) is 0 Å². The first-order chi connectivity index (χ1) is 10.5. The zero-order valence-corrected chi connectivity index (χ0v) is 13.3. The maximum Gasteiger partial charge on any atom is 0.445 e. The van der Waals surface area contributed by atoms with Crippen LogP contribution in [0.3, 0.4) is 0 Å². The van der Waals surface area contributed by atoms with E-state index in [-0.39, 0.29) is 0 Å². The van der Waals surface area contributed by atoms with E-state index in [1.165, 1.54) is 11.5 Å². The molecule has 2 aromatic heterocycles. The number of piperazine rings is 1. The lowest BCUT2D eigenvalue weighted by molar-refractivity contribution is -0.138. The van der Waals surface area contributed by atoms with Crippen LogP contribution in [0.2, 0.25) is 0 Å². The van der Waals surface area contributed by atoms with Crippen LogP contribution in [-0.4, -0.2) is 45.7 Å². The van der Waals surface area contributed by atoms with Crippen LogP contribution in [0.1, 0.15) is 17.8 Å². The molecule has 0 aliphatic carbocycles. The zero-order chi connectivity index (χ0) is 15.7. The molecule has 120 valence electrons. The highest BCUT2D eigenvalue weighted by Gasteiger charge is 2.36. The fourth-order valence-electron chi connectivity index (χ4n) is 2.06. The molecule has 0 bridgehead atoms. The molecular formula is C11H13F3N6S2. The van der Waals surface area contributed by atoms with Gasteiger partial charge in [-0.3, -0.25) is 0 Å². The summed E-state index contributed by atoms with van der Waals surface area (Å²) >= 11 is 1.94. The Labute approximate surface area is 132 Å². The molecule has 0 spiro atoms. The highest BCUT2D eigenvalue weighted by Crippen LogP contribution is 2.34. The molecule has 1 fully saturated rings. The average molecular weight is 350 g/mol. The number of hydrogen-bond acceptors (Lipinski definition) is 8. The number of rotatable bonds is 3. The Bertz CT molecular complexity index is 632. The van der Waals surface area contributed by atoms with E-state index in [1.807, 2.05) is 11.8 Å². The van der Waals surface area contributed by atoms with Crippen LogP contribution in [0.5, 0.6) is 0 Å². The van der Waals surface area contributed by atoms with Crippen LogP contribution in [0.4, 0.5) is 23.4 Å². The monoisotopic (exact) mass is 350 g/mol. The van der Waals surface area contributed by atoms with Crippen LogP contribution in [0.15, 0.2) is 0 Å². The second-order valence-electron chi connectivity index (χ2n) is 4.71. The van der Waals surface area contributed by atoms with E-state index < -0.39 is 11.2 Å². The Kier molecular flexibility index (Phi) is 4.17. The summed E-state index contributed by atoms with van der Waals surface area (Å²) < 4.78 is 41.9. The Morgan fingerprint density at radius 2 is 1.68 bits per heavy atom. The van der Waals surface area contributed by atoms with E-state index in [4.69, 9.17) is 0 Å². The summed E-state index contributed by atoms with van der Waals surface area (Å²) in [4.78, 5) is 8.35. The summed E-state index contributed by atoms with van der Waals surface area (Å²) in [6.45, 7) is 4.54. The third kappa shape index (κ3) is 3.14. The van der Waals surface area contributed by atoms with Gasteiger partial charge in [-0.15, -0.1) is 10.2 Å². The van der Waals surface area contributed by atoms with Gasteiger partial charge < -0.3 is 9.80 Å². The molecule has 0 N–H and O–H groups in total. The van der Waals surface area contributed by atoms with Gasteiger partial charge in [-0.05, 0) is 0 Å². The summed E-state index contributed by atoms with van der Waals surface area (Å²) in [5.74, 6) is 0.821. The van der Waals surface area contributed by atoms with Gasteiger partial charge in [-0.25, -0.2) is 4.98 Å². The maximum absolute atomic E-state index is 12.6. The van der Waals surface area contributed by atoms with Gasteiger partial charge in [0.05, 0.1) is 0 Å². The first kappa shape index (κ1) is 15.4. The Morgan fingerprint density at radius 1 is 1.05 bits per heavy atom. The average Bonchev–Trinajstić information content (AvgIpc) is 3.16. The molecule has 22 heavy (non-hydrogen) atoms. The molecule has 0 amide bonds. The summed E-state index contributed by atoms with van der Waals surface area (Å²) in [6.07, 6.45) is -3.64. The standard InChI is InChI=1S/C11H13F3N6S2/c1-2-7-15-9(22-18-7)19-3-5-20(6-4-19)10-17-16-8(21-10)11(12,13)14/h2-6H2,1H3. The Hall–Kier alpha value is -1.49. The van der Waals surface area contributed by atoms with Gasteiger partial charge in [0.1, 0.15) is 5.82 Å². The number of nitrogens with zero attached hydrogens (tertiary/aromatic N) is 6. The van der Waals surface area contributed by atoms with Gasteiger partial charge in [-0.1, -0.05) is 18.3 Å². The van der Waals surface area contributed by atoms with Crippen molar-refractivity contribution in [2.24, 2.45) is 0 Å². The van der Waals surface area contributed by atoms with Crippen molar-refractivity contribution in [3.8, 4) is 0 Å². The quantitative estimate of drug-likeness (QED) is 0.847. The Balaban J connectivity index is 1.63. The Morgan fingerprint density at radius 3 is 2.18 bits per heavy atom. The van der Waals surface area contributed by atoms with Crippen molar-refractivity contribution in [1.29, 1.82) is 0 Å². The molecule has 0 saturated carbocycles. The van der Waals surface area contributed by atoms with E-state index in [0.717, 1.165) is 17.4 Å². The van der Waals surface area contributed by atoms with Crippen LogP contribution in [0.25, 0.3) is 0 Å². The highest BCUT2D eigenvalue weighted by molar-refractivity contribution is 7.15. The van der Waals surface area contributed by atoms with E-state index in [2.05, 4.69) is 24.5 Å². The van der Waals surface area contributed by atoms with E-state index in [1.54, 1.807) is 0 Å². The largest absolute Gasteiger partial charge is 0.445 e. The van der Waals surface area contributed by atoms with E-state index in [9.17, 15) is 13.2 Å². The molecule has 1 aliphatic rings. The lowest BCUT2D eigenvalue weighted by Crippen LogP contribution is -2.46. The van der Waals surface area contributed by atoms with Gasteiger partial charge in [0.25, 0.3) is 0 Å². The van der Waals surface area contributed by atoms with Crippen LogP contribution < -0.4 is 9.80 Å². The second kappa shape index (κ2) is 5.95. The lowest BCUT2D eigenvalue weighted by atomic mass is 10.3. The number of halogens is 3. The number of aromatic nitrogens is 4. The summed E-state index contributed by atoms with van der Waals surface area (Å²) in [6, 6.07) is 0. The molecule has 0 atom stereocenters. The van der Waals surface area contributed by atoms with Crippen LogP contribution >= 0.6 is 22.9 Å². The number of hydrogen-bond donors (Lipinski definition) is 0. The molecule has 0 unspecified atom stereocenters. The molecule has 2 aromatic rings. The molecular weight excluding hydrogens is 337 g/mol. The topological polar surface area (TPSA) is 58.0 Å². The molecule has 0 aromatic carbocycles. The van der Waals surface area contributed by atoms with Crippen LogP contribution in [0, 0.1) is 0 Å². The summed E-state index contributed by atoms with van der Waals surface area (Å²) in [5, 5.41) is 7.16. The third-order valence-electron chi connectivity index (χ3n) is 3.25. The molecule has 3 rings (SSSR count). The van der Waals surface area contributed by atoms with Gasteiger partial charge in [-0.2, -0.15) is 17.5 Å². The highest BCUT2D eigenvalue weighted by atomic mass is 32.1. The third-order valence-corrected chi connectivity index (χ3v) is 5.09. The minimum Gasteiger partial charge on any atom is -0.343 e. The predicted octanol–water partition coefficient (Wildman–Crippen LogP) is 2.30. The number of anilines is 2. The summed E-state index contributed by atoms with van der Waals surface area (Å²) in [5.41, 5.74) is 0. The second-order valence-corrected chi connectivity index (χ2v) is 6.39. The lowest BCUT2D eigenvalue weighted by Gasteiger charge is -2.33. The van der Waals surface area contributed by atoms with Crippen molar-refractivity contribution in [2.75, 3.05) is 36.0 Å². The summed E-state index contributed by atoms with van der Waals surface area (Å²) in [7, 11) is 0. The maximum atomic E-state index is 12.6. The van der Waals surface area contributed by atoms with Crippen molar-refractivity contribution < 1.29 is 13.2 Å². The first-order valence-electron chi connectivity index (χ1n) is 6.70. The smallest absolute Gasteiger partial charge is 0.343 e. The molecule has 6 nitrogen and oxygen atoms in total. The minimum atomic E-state index is -4.43.